The van der Waals surface area contributed by atoms with Crippen molar-refractivity contribution < 1.29 is 9.13 Å². The number of aromatic nitrogens is 2. The Hall–Kier alpha value is -2.74. The van der Waals surface area contributed by atoms with Gasteiger partial charge in [0.15, 0.2) is 11.6 Å². The quantitative estimate of drug-likeness (QED) is 0.373. The number of benzene rings is 1. The lowest BCUT2D eigenvalue weighted by Gasteiger charge is -2.18. The predicted octanol–water partition coefficient (Wildman–Crippen LogP) is 3.14. The predicted molar refractivity (Wildman–Crippen MR) is 99.3 cm³/mol. The van der Waals surface area contributed by atoms with Crippen LogP contribution in [0.3, 0.4) is 0 Å². The van der Waals surface area contributed by atoms with Crippen molar-refractivity contribution in [2.75, 3.05) is 12.9 Å². The third kappa shape index (κ3) is 3.12. The molecule has 1 aliphatic heterocycles. The SMILES string of the molecule is CCOc1c(F)c(SC)c2[nH]ncc2c1C1=C/C(=C/C(=N)N)NC=C1. The van der Waals surface area contributed by atoms with Gasteiger partial charge < -0.3 is 15.8 Å². The first kappa shape index (κ1) is 17.1. The van der Waals surface area contributed by atoms with Crippen LogP contribution in [0.25, 0.3) is 16.5 Å². The van der Waals surface area contributed by atoms with Crippen LogP contribution in [0.1, 0.15) is 12.5 Å². The zero-order valence-electron chi connectivity index (χ0n) is 13.8. The van der Waals surface area contributed by atoms with Gasteiger partial charge >= 0.3 is 0 Å². The van der Waals surface area contributed by atoms with E-state index in [0.29, 0.717) is 28.3 Å². The number of allylic oxidation sites excluding steroid dienone is 3. The molecular weight excluding hydrogens is 341 g/mol. The van der Waals surface area contributed by atoms with Gasteiger partial charge in [-0.3, -0.25) is 10.5 Å². The average Bonchev–Trinajstić information content (AvgIpc) is 3.04. The summed E-state index contributed by atoms with van der Waals surface area (Å²) in [5, 5.41) is 18.1. The van der Waals surface area contributed by atoms with Crippen LogP contribution in [0.4, 0.5) is 4.39 Å². The van der Waals surface area contributed by atoms with E-state index >= 15 is 4.39 Å². The monoisotopic (exact) mass is 359 g/mol. The number of rotatable bonds is 5. The molecule has 2 aromatic rings. The number of ether oxygens (including phenoxy) is 1. The minimum absolute atomic E-state index is 0.0733. The van der Waals surface area contributed by atoms with Crippen molar-refractivity contribution in [3.8, 4) is 5.75 Å². The number of amidine groups is 1. The molecule has 0 unspecified atom stereocenters. The summed E-state index contributed by atoms with van der Waals surface area (Å²) < 4.78 is 20.7. The fourth-order valence-electron chi connectivity index (χ4n) is 2.74. The Balaban J connectivity index is 2.30. The van der Waals surface area contributed by atoms with E-state index in [1.165, 1.54) is 17.8 Å². The second kappa shape index (κ2) is 7.02. The largest absolute Gasteiger partial charge is 0.490 e. The van der Waals surface area contributed by atoms with E-state index in [-0.39, 0.29) is 11.6 Å². The average molecular weight is 359 g/mol. The number of nitrogens with two attached hydrogens (primary N) is 1. The molecule has 0 radical (unpaired) electrons. The number of H-pyrrole nitrogens is 1. The lowest BCUT2D eigenvalue weighted by molar-refractivity contribution is 0.318. The molecule has 0 amide bonds. The summed E-state index contributed by atoms with van der Waals surface area (Å²) >= 11 is 1.30. The van der Waals surface area contributed by atoms with Gasteiger partial charge in [-0.25, -0.2) is 4.39 Å². The molecule has 1 aromatic carbocycles. The smallest absolute Gasteiger partial charge is 0.181 e. The fourth-order valence-corrected chi connectivity index (χ4v) is 3.37. The number of aromatic amines is 1. The molecule has 6 nitrogen and oxygen atoms in total. The van der Waals surface area contributed by atoms with Crippen LogP contribution in [0.15, 0.2) is 41.2 Å². The maximum Gasteiger partial charge on any atom is 0.181 e. The highest BCUT2D eigenvalue weighted by Crippen LogP contribution is 2.42. The molecule has 2 heterocycles. The molecule has 1 aromatic heterocycles. The third-order valence-corrected chi connectivity index (χ3v) is 4.47. The van der Waals surface area contributed by atoms with Crippen LogP contribution in [0.2, 0.25) is 0 Å². The summed E-state index contributed by atoms with van der Waals surface area (Å²) in [6.45, 7) is 2.15. The second-order valence-electron chi connectivity index (χ2n) is 5.28. The van der Waals surface area contributed by atoms with Gasteiger partial charge in [0, 0.05) is 28.9 Å². The minimum atomic E-state index is -0.411. The number of thioether (sulfide) groups is 1. The van der Waals surface area contributed by atoms with Gasteiger partial charge in [-0.1, -0.05) is 0 Å². The highest BCUT2D eigenvalue weighted by Gasteiger charge is 2.24. The molecule has 5 N–H and O–H groups in total. The summed E-state index contributed by atoms with van der Waals surface area (Å²) in [5.74, 6) is -0.289. The number of nitrogens with zero attached hydrogens (tertiary/aromatic N) is 1. The molecule has 0 saturated carbocycles. The first-order valence-electron chi connectivity index (χ1n) is 7.63. The third-order valence-electron chi connectivity index (χ3n) is 3.68. The van der Waals surface area contributed by atoms with Crippen LogP contribution in [0, 0.1) is 11.2 Å². The van der Waals surface area contributed by atoms with Gasteiger partial charge in [-0.05, 0) is 30.9 Å². The van der Waals surface area contributed by atoms with E-state index in [9.17, 15) is 0 Å². The first-order valence-corrected chi connectivity index (χ1v) is 8.85. The Bertz CT molecular complexity index is 929. The molecule has 0 aliphatic carbocycles. The molecule has 1 aliphatic rings. The molecule has 0 saturated heterocycles. The first-order chi connectivity index (χ1) is 12.1. The highest BCUT2D eigenvalue weighted by molar-refractivity contribution is 7.98. The van der Waals surface area contributed by atoms with Gasteiger partial charge in [-0.15, -0.1) is 11.8 Å². The topological polar surface area (TPSA) is 99.8 Å². The van der Waals surface area contributed by atoms with Gasteiger partial charge in [-0.2, -0.15) is 5.10 Å². The van der Waals surface area contributed by atoms with E-state index in [0.717, 1.165) is 11.0 Å². The van der Waals surface area contributed by atoms with Crippen LogP contribution < -0.4 is 15.8 Å². The van der Waals surface area contributed by atoms with Gasteiger partial charge in [0.05, 0.1) is 23.2 Å². The molecule has 25 heavy (non-hydrogen) atoms. The highest BCUT2D eigenvalue weighted by atomic mass is 32.2. The van der Waals surface area contributed by atoms with Crippen molar-refractivity contribution in [1.82, 2.24) is 15.5 Å². The van der Waals surface area contributed by atoms with Crippen LogP contribution in [-0.2, 0) is 0 Å². The van der Waals surface area contributed by atoms with E-state index < -0.39 is 5.82 Å². The second-order valence-corrected chi connectivity index (χ2v) is 6.09. The van der Waals surface area contributed by atoms with Crippen molar-refractivity contribution in [2.45, 2.75) is 11.8 Å². The lowest BCUT2D eigenvalue weighted by Crippen LogP contribution is -2.13. The maximum atomic E-state index is 15.1. The van der Waals surface area contributed by atoms with Crippen molar-refractivity contribution in [2.24, 2.45) is 5.73 Å². The molecule has 0 bridgehead atoms. The number of nitrogens with one attached hydrogen (secondary N) is 3. The van der Waals surface area contributed by atoms with Gasteiger partial charge in [0.25, 0.3) is 0 Å². The number of hydrogen-bond donors (Lipinski definition) is 4. The van der Waals surface area contributed by atoms with Gasteiger partial charge in [0.2, 0.25) is 0 Å². The fraction of sp³-hybridized carbons (Fsp3) is 0.176. The molecule has 3 rings (SSSR count). The molecule has 0 spiro atoms. The van der Waals surface area contributed by atoms with Crippen molar-refractivity contribution in [1.29, 1.82) is 5.41 Å². The number of fused-ring (bicyclic) bond motifs is 1. The van der Waals surface area contributed by atoms with Crippen LogP contribution >= 0.6 is 11.8 Å². The van der Waals surface area contributed by atoms with Crippen molar-refractivity contribution >= 4 is 34.1 Å². The number of hydrogen-bond acceptors (Lipinski definition) is 5. The Morgan fingerprint density at radius 1 is 1.52 bits per heavy atom. The normalized spacial score (nSPS) is 15.3. The Kier molecular flexibility index (Phi) is 4.80. The number of dihydropyridines is 1. The zero-order valence-corrected chi connectivity index (χ0v) is 14.6. The summed E-state index contributed by atoms with van der Waals surface area (Å²) in [7, 11) is 0. The van der Waals surface area contributed by atoms with Crippen molar-refractivity contribution in [3.05, 3.63) is 47.7 Å². The van der Waals surface area contributed by atoms with E-state index in [1.807, 2.05) is 19.3 Å². The number of halogens is 1. The van der Waals surface area contributed by atoms with Crippen LogP contribution in [-0.4, -0.2) is 28.9 Å². The maximum absolute atomic E-state index is 15.1. The minimum Gasteiger partial charge on any atom is -0.490 e. The zero-order chi connectivity index (χ0) is 18.0. The Morgan fingerprint density at radius 2 is 2.32 bits per heavy atom. The van der Waals surface area contributed by atoms with Gasteiger partial charge in [0.1, 0.15) is 5.84 Å². The molecule has 0 atom stereocenters. The molecule has 0 fully saturated rings. The Morgan fingerprint density at radius 3 is 3.00 bits per heavy atom. The van der Waals surface area contributed by atoms with E-state index in [1.54, 1.807) is 18.5 Å². The Labute approximate surface area is 148 Å². The van der Waals surface area contributed by atoms with Crippen molar-refractivity contribution in [3.63, 3.8) is 0 Å². The molecule has 130 valence electrons. The molecular formula is C17H18FN5OS. The van der Waals surface area contributed by atoms with Crippen LogP contribution in [0.5, 0.6) is 5.75 Å². The lowest BCUT2D eigenvalue weighted by atomic mass is 9.97. The molecule has 8 heteroatoms. The standard InChI is InChI=1S/C17H18FN5OS/c1-3-24-16-13(9-4-5-21-10(6-9)7-12(19)20)11-8-22-23-15(11)17(25-2)14(16)18/h4-8,21H,3H2,1-2H3,(H3,19,20)(H,22,23)/b10-7-. The summed E-state index contributed by atoms with van der Waals surface area (Å²) in [6, 6.07) is 0. The summed E-state index contributed by atoms with van der Waals surface area (Å²) in [5.41, 5.74) is 8.06. The van der Waals surface area contributed by atoms with E-state index in [4.69, 9.17) is 15.9 Å². The summed E-state index contributed by atoms with van der Waals surface area (Å²) in [6.07, 6.45) is 10.3. The summed E-state index contributed by atoms with van der Waals surface area (Å²) in [4.78, 5) is 0.470. The van der Waals surface area contributed by atoms with E-state index in [2.05, 4.69) is 15.5 Å².